The van der Waals surface area contributed by atoms with Crippen LogP contribution in [0.1, 0.15) is 25.7 Å². The van der Waals surface area contributed by atoms with Crippen molar-refractivity contribution in [2.24, 2.45) is 0 Å². The second kappa shape index (κ2) is 8.49. The SMILES string of the molecule is O=c1ccc(-c2cc(Oc3ccc4nc(N[C@@H]5CCCC[C@H]5O)sc4c3)ccn2)c[nH]1. The minimum absolute atomic E-state index is 0.0631. The highest BCUT2D eigenvalue weighted by molar-refractivity contribution is 7.22. The molecule has 3 N–H and O–H groups in total. The zero-order chi connectivity index (χ0) is 21.2. The minimum Gasteiger partial charge on any atom is -0.457 e. The monoisotopic (exact) mass is 434 g/mol. The Kier molecular flexibility index (Phi) is 5.40. The summed E-state index contributed by atoms with van der Waals surface area (Å²) in [7, 11) is 0. The molecule has 3 heterocycles. The maximum atomic E-state index is 11.3. The lowest BCUT2D eigenvalue weighted by Crippen LogP contribution is -2.36. The van der Waals surface area contributed by atoms with Crippen molar-refractivity contribution in [2.75, 3.05) is 5.32 Å². The number of rotatable bonds is 5. The van der Waals surface area contributed by atoms with E-state index in [9.17, 15) is 9.90 Å². The number of pyridine rings is 2. The second-order valence-electron chi connectivity index (χ2n) is 7.67. The first kappa shape index (κ1) is 19.7. The number of thiazole rings is 1. The summed E-state index contributed by atoms with van der Waals surface area (Å²) in [4.78, 5) is 22.9. The summed E-state index contributed by atoms with van der Waals surface area (Å²) >= 11 is 1.56. The van der Waals surface area contributed by atoms with Gasteiger partial charge in [-0.2, -0.15) is 0 Å². The summed E-state index contributed by atoms with van der Waals surface area (Å²) < 4.78 is 7.07. The van der Waals surface area contributed by atoms with E-state index in [-0.39, 0.29) is 17.7 Å². The highest BCUT2D eigenvalue weighted by atomic mass is 32.1. The number of aliphatic hydroxyl groups is 1. The third-order valence-corrected chi connectivity index (χ3v) is 6.39. The first-order valence-electron chi connectivity index (χ1n) is 10.3. The van der Waals surface area contributed by atoms with Gasteiger partial charge in [-0.25, -0.2) is 4.98 Å². The maximum absolute atomic E-state index is 11.3. The van der Waals surface area contributed by atoms with Crippen LogP contribution in [0.2, 0.25) is 0 Å². The van der Waals surface area contributed by atoms with Crippen LogP contribution in [0, 0.1) is 0 Å². The van der Waals surface area contributed by atoms with Gasteiger partial charge >= 0.3 is 0 Å². The number of fused-ring (bicyclic) bond motifs is 1. The molecule has 2 atom stereocenters. The summed E-state index contributed by atoms with van der Waals surface area (Å²) in [5.41, 5.74) is 2.27. The van der Waals surface area contributed by atoms with Crippen molar-refractivity contribution in [1.82, 2.24) is 15.0 Å². The predicted octanol–water partition coefficient (Wildman–Crippen LogP) is 4.55. The fraction of sp³-hybridized carbons (Fsp3) is 0.261. The standard InChI is InChI=1S/C23H22N4O3S/c28-20-4-2-1-3-17(20)26-23-27-18-7-6-15(12-21(18)31-23)30-16-9-10-24-19(11-16)14-5-8-22(29)25-13-14/h5-13,17,20,28H,1-4H2,(H,25,29)(H,26,27)/t17-,20-/m1/s1. The summed E-state index contributed by atoms with van der Waals surface area (Å²) in [6, 6.07) is 12.7. The van der Waals surface area contributed by atoms with Crippen LogP contribution >= 0.6 is 11.3 Å². The Morgan fingerprint density at radius 3 is 2.81 bits per heavy atom. The summed E-state index contributed by atoms with van der Waals surface area (Å²) in [5.74, 6) is 1.36. The topological polar surface area (TPSA) is 100 Å². The molecular formula is C23H22N4O3S. The molecular weight excluding hydrogens is 412 g/mol. The van der Waals surface area contributed by atoms with Crippen molar-refractivity contribution in [2.45, 2.75) is 37.8 Å². The summed E-state index contributed by atoms with van der Waals surface area (Å²) in [6.07, 6.45) is 7.01. The summed E-state index contributed by atoms with van der Waals surface area (Å²) in [5, 5.41) is 14.4. The van der Waals surface area contributed by atoms with Gasteiger partial charge < -0.3 is 20.1 Å². The van der Waals surface area contributed by atoms with E-state index < -0.39 is 0 Å². The molecule has 3 aromatic heterocycles. The second-order valence-corrected chi connectivity index (χ2v) is 8.70. The number of anilines is 1. The van der Waals surface area contributed by atoms with E-state index in [1.807, 2.05) is 24.3 Å². The Balaban J connectivity index is 1.34. The van der Waals surface area contributed by atoms with E-state index in [0.29, 0.717) is 17.2 Å². The van der Waals surface area contributed by atoms with Crippen molar-refractivity contribution >= 4 is 26.7 Å². The quantitative estimate of drug-likeness (QED) is 0.426. The number of aromatic amines is 1. The van der Waals surface area contributed by atoms with Gasteiger partial charge in [0.1, 0.15) is 11.5 Å². The molecule has 0 aliphatic heterocycles. The van der Waals surface area contributed by atoms with Gasteiger partial charge in [0.15, 0.2) is 5.13 Å². The number of hydrogen-bond donors (Lipinski definition) is 3. The smallest absolute Gasteiger partial charge is 0.247 e. The van der Waals surface area contributed by atoms with E-state index in [1.54, 1.807) is 35.9 Å². The molecule has 1 aliphatic rings. The number of ether oxygens (including phenoxy) is 1. The minimum atomic E-state index is -0.317. The molecule has 0 amide bonds. The van der Waals surface area contributed by atoms with E-state index in [4.69, 9.17) is 4.74 Å². The van der Waals surface area contributed by atoms with Crippen molar-refractivity contribution < 1.29 is 9.84 Å². The first-order valence-corrected chi connectivity index (χ1v) is 11.1. The molecule has 1 fully saturated rings. The van der Waals surface area contributed by atoms with Gasteiger partial charge in [-0.3, -0.25) is 9.78 Å². The number of benzene rings is 1. The van der Waals surface area contributed by atoms with Crippen LogP contribution < -0.4 is 15.6 Å². The third kappa shape index (κ3) is 4.45. The Morgan fingerprint density at radius 1 is 1.10 bits per heavy atom. The fourth-order valence-electron chi connectivity index (χ4n) is 3.81. The lowest BCUT2D eigenvalue weighted by atomic mass is 9.93. The van der Waals surface area contributed by atoms with Crippen LogP contribution in [0.25, 0.3) is 21.5 Å². The van der Waals surface area contributed by atoms with Gasteiger partial charge in [-0.15, -0.1) is 0 Å². The Morgan fingerprint density at radius 2 is 1.97 bits per heavy atom. The zero-order valence-corrected chi connectivity index (χ0v) is 17.6. The number of nitrogens with zero attached hydrogens (tertiary/aromatic N) is 2. The lowest BCUT2D eigenvalue weighted by molar-refractivity contribution is 0.116. The van der Waals surface area contributed by atoms with Crippen molar-refractivity contribution in [3.63, 3.8) is 0 Å². The number of aliphatic hydroxyl groups excluding tert-OH is 1. The van der Waals surface area contributed by atoms with Gasteiger partial charge in [0, 0.05) is 36.2 Å². The maximum Gasteiger partial charge on any atom is 0.247 e. The predicted molar refractivity (Wildman–Crippen MR) is 122 cm³/mol. The molecule has 0 radical (unpaired) electrons. The van der Waals surface area contributed by atoms with E-state index in [1.165, 1.54) is 6.07 Å². The molecule has 0 bridgehead atoms. The van der Waals surface area contributed by atoms with Crippen molar-refractivity contribution in [1.29, 1.82) is 0 Å². The average Bonchev–Trinajstić information content (AvgIpc) is 3.18. The first-order chi connectivity index (χ1) is 15.1. The van der Waals surface area contributed by atoms with Gasteiger partial charge in [0.2, 0.25) is 5.56 Å². The molecule has 1 aliphatic carbocycles. The van der Waals surface area contributed by atoms with Crippen LogP contribution in [0.5, 0.6) is 11.5 Å². The fourth-order valence-corrected chi connectivity index (χ4v) is 4.76. The third-order valence-electron chi connectivity index (χ3n) is 5.45. The van der Waals surface area contributed by atoms with Gasteiger partial charge in [0.25, 0.3) is 0 Å². The van der Waals surface area contributed by atoms with Crippen LogP contribution in [0.3, 0.4) is 0 Å². The van der Waals surface area contributed by atoms with Gasteiger partial charge in [0.05, 0.1) is 28.1 Å². The van der Waals surface area contributed by atoms with Crippen molar-refractivity contribution in [3.05, 3.63) is 65.2 Å². The number of aromatic nitrogens is 3. The molecule has 5 rings (SSSR count). The average molecular weight is 435 g/mol. The normalized spacial score (nSPS) is 18.7. The Bertz CT molecular complexity index is 1250. The molecule has 31 heavy (non-hydrogen) atoms. The van der Waals surface area contributed by atoms with E-state index in [2.05, 4.69) is 20.3 Å². The molecule has 1 aromatic carbocycles. The molecule has 158 valence electrons. The van der Waals surface area contributed by atoms with Crippen LogP contribution in [0.4, 0.5) is 5.13 Å². The van der Waals surface area contributed by atoms with E-state index in [0.717, 1.165) is 46.6 Å². The number of nitrogens with one attached hydrogen (secondary N) is 2. The molecule has 0 saturated heterocycles. The van der Waals surface area contributed by atoms with Crippen LogP contribution in [-0.2, 0) is 0 Å². The summed E-state index contributed by atoms with van der Waals surface area (Å²) in [6.45, 7) is 0. The zero-order valence-electron chi connectivity index (χ0n) is 16.7. The van der Waals surface area contributed by atoms with Crippen LogP contribution in [0.15, 0.2) is 59.7 Å². The molecule has 0 unspecified atom stereocenters. The van der Waals surface area contributed by atoms with Crippen LogP contribution in [-0.4, -0.2) is 32.2 Å². The van der Waals surface area contributed by atoms with Crippen molar-refractivity contribution in [3.8, 4) is 22.8 Å². The largest absolute Gasteiger partial charge is 0.457 e. The lowest BCUT2D eigenvalue weighted by Gasteiger charge is -2.27. The Hall–Kier alpha value is -3.23. The van der Waals surface area contributed by atoms with E-state index >= 15 is 0 Å². The van der Waals surface area contributed by atoms with Gasteiger partial charge in [-0.05, 0) is 37.1 Å². The molecule has 7 nitrogen and oxygen atoms in total. The molecule has 1 saturated carbocycles. The molecule has 4 aromatic rings. The molecule has 8 heteroatoms. The molecule has 0 spiro atoms. The Labute approximate surface area is 182 Å². The highest BCUT2D eigenvalue weighted by Gasteiger charge is 2.23. The highest BCUT2D eigenvalue weighted by Crippen LogP contribution is 2.33. The van der Waals surface area contributed by atoms with Gasteiger partial charge in [-0.1, -0.05) is 24.2 Å². The number of H-pyrrole nitrogens is 1. The number of hydrogen-bond acceptors (Lipinski definition) is 7.